The van der Waals surface area contributed by atoms with Crippen LogP contribution in [0.4, 0.5) is 0 Å². The van der Waals surface area contributed by atoms with Crippen molar-refractivity contribution in [2.75, 3.05) is 0 Å². The summed E-state index contributed by atoms with van der Waals surface area (Å²) in [5.41, 5.74) is 2.16. The molecule has 1 N–H and O–H groups in total. The predicted molar refractivity (Wildman–Crippen MR) is 77.7 cm³/mol. The quantitative estimate of drug-likeness (QED) is 0.915. The zero-order valence-corrected chi connectivity index (χ0v) is 12.0. The molecule has 100 valence electrons. The number of rotatable bonds is 5. The van der Waals surface area contributed by atoms with E-state index in [1.54, 1.807) is 6.07 Å². The Morgan fingerprint density at radius 2 is 2.11 bits per heavy atom. The van der Waals surface area contributed by atoms with E-state index in [0.717, 1.165) is 12.1 Å². The third kappa shape index (κ3) is 3.11. The highest BCUT2D eigenvalue weighted by Gasteiger charge is 2.20. The van der Waals surface area contributed by atoms with Gasteiger partial charge in [0.15, 0.2) is 0 Å². The summed E-state index contributed by atoms with van der Waals surface area (Å²) in [5.74, 6) is 0. The van der Waals surface area contributed by atoms with Crippen molar-refractivity contribution in [1.29, 1.82) is 0 Å². The molecular formula is C14H15Cl2N3. The van der Waals surface area contributed by atoms with Crippen molar-refractivity contribution in [3.63, 3.8) is 0 Å². The Kier molecular flexibility index (Phi) is 3.78. The van der Waals surface area contributed by atoms with Crippen LogP contribution in [0.5, 0.6) is 0 Å². The third-order valence-electron chi connectivity index (χ3n) is 3.31. The Morgan fingerprint density at radius 3 is 2.89 bits per heavy atom. The molecule has 1 aliphatic carbocycles. The molecule has 0 spiro atoms. The number of benzene rings is 1. The van der Waals surface area contributed by atoms with E-state index < -0.39 is 0 Å². The van der Waals surface area contributed by atoms with Gasteiger partial charge in [0.05, 0.1) is 22.3 Å². The minimum absolute atomic E-state index is 0.587. The van der Waals surface area contributed by atoms with E-state index in [1.165, 1.54) is 18.5 Å². The monoisotopic (exact) mass is 295 g/mol. The SMILES string of the molecule is Clc1cccc(Cn2nccc2CNC2CC2)c1Cl. The summed E-state index contributed by atoms with van der Waals surface area (Å²) in [6, 6.07) is 8.42. The molecule has 0 radical (unpaired) electrons. The second-order valence-electron chi connectivity index (χ2n) is 4.85. The molecule has 0 bridgehead atoms. The van der Waals surface area contributed by atoms with E-state index in [1.807, 2.05) is 29.1 Å². The Hall–Kier alpha value is -1.03. The maximum atomic E-state index is 6.21. The largest absolute Gasteiger partial charge is 0.308 e. The average Bonchev–Trinajstić information content (AvgIpc) is 3.13. The lowest BCUT2D eigenvalue weighted by molar-refractivity contribution is 0.593. The van der Waals surface area contributed by atoms with Gasteiger partial charge in [0.2, 0.25) is 0 Å². The maximum Gasteiger partial charge on any atom is 0.0678 e. The Balaban J connectivity index is 1.75. The molecule has 1 aromatic carbocycles. The zero-order chi connectivity index (χ0) is 13.2. The predicted octanol–water partition coefficient (Wildman–Crippen LogP) is 3.49. The van der Waals surface area contributed by atoms with Crippen molar-refractivity contribution < 1.29 is 0 Å². The number of halogens is 2. The van der Waals surface area contributed by atoms with Gasteiger partial charge in [-0.1, -0.05) is 35.3 Å². The molecule has 0 atom stereocenters. The molecule has 1 fully saturated rings. The van der Waals surface area contributed by atoms with Gasteiger partial charge >= 0.3 is 0 Å². The molecule has 1 aliphatic rings. The van der Waals surface area contributed by atoms with E-state index in [9.17, 15) is 0 Å². The van der Waals surface area contributed by atoms with Gasteiger partial charge in [-0.05, 0) is 30.5 Å². The Bertz CT molecular complexity index is 576. The average molecular weight is 296 g/mol. The van der Waals surface area contributed by atoms with Gasteiger partial charge in [0.25, 0.3) is 0 Å². The molecule has 0 aliphatic heterocycles. The van der Waals surface area contributed by atoms with Crippen LogP contribution in [0.2, 0.25) is 10.0 Å². The number of nitrogens with one attached hydrogen (secondary N) is 1. The first kappa shape index (κ1) is 13.0. The van der Waals surface area contributed by atoms with Crippen LogP contribution in [-0.4, -0.2) is 15.8 Å². The Labute approximate surface area is 122 Å². The van der Waals surface area contributed by atoms with Crippen molar-refractivity contribution in [1.82, 2.24) is 15.1 Å². The third-order valence-corrected chi connectivity index (χ3v) is 4.16. The molecule has 2 aromatic rings. The second kappa shape index (κ2) is 5.53. The van der Waals surface area contributed by atoms with Crippen LogP contribution in [0, 0.1) is 0 Å². The number of nitrogens with zero attached hydrogens (tertiary/aromatic N) is 2. The van der Waals surface area contributed by atoms with E-state index in [0.29, 0.717) is 22.6 Å². The smallest absolute Gasteiger partial charge is 0.0678 e. The summed E-state index contributed by atoms with van der Waals surface area (Å²) in [7, 11) is 0. The highest BCUT2D eigenvalue weighted by Crippen LogP contribution is 2.26. The van der Waals surface area contributed by atoms with Crippen LogP contribution in [-0.2, 0) is 13.1 Å². The van der Waals surface area contributed by atoms with Crippen LogP contribution < -0.4 is 5.32 Å². The summed E-state index contributed by atoms with van der Waals surface area (Å²) >= 11 is 12.2. The Morgan fingerprint density at radius 1 is 1.26 bits per heavy atom. The molecule has 0 saturated heterocycles. The van der Waals surface area contributed by atoms with Crippen LogP contribution in [0.1, 0.15) is 24.1 Å². The molecule has 0 unspecified atom stereocenters. The normalized spacial score (nSPS) is 14.8. The molecule has 3 rings (SSSR count). The zero-order valence-electron chi connectivity index (χ0n) is 10.4. The van der Waals surface area contributed by atoms with Gasteiger partial charge in [-0.3, -0.25) is 4.68 Å². The van der Waals surface area contributed by atoms with Gasteiger partial charge in [-0.2, -0.15) is 5.10 Å². The molecule has 1 aromatic heterocycles. The first-order valence-corrected chi connectivity index (χ1v) is 7.16. The van der Waals surface area contributed by atoms with Crippen molar-refractivity contribution in [3.8, 4) is 0 Å². The number of aromatic nitrogens is 2. The highest BCUT2D eigenvalue weighted by molar-refractivity contribution is 6.42. The van der Waals surface area contributed by atoms with Gasteiger partial charge in [0.1, 0.15) is 0 Å². The van der Waals surface area contributed by atoms with Crippen molar-refractivity contribution >= 4 is 23.2 Å². The molecule has 0 amide bonds. The van der Waals surface area contributed by atoms with Crippen LogP contribution in [0.15, 0.2) is 30.5 Å². The van der Waals surface area contributed by atoms with Crippen LogP contribution >= 0.6 is 23.2 Å². The van der Waals surface area contributed by atoms with E-state index in [-0.39, 0.29) is 0 Å². The second-order valence-corrected chi connectivity index (χ2v) is 5.63. The lowest BCUT2D eigenvalue weighted by atomic mass is 10.2. The number of hydrogen-bond acceptors (Lipinski definition) is 2. The molecule has 5 heteroatoms. The summed E-state index contributed by atoms with van der Waals surface area (Å²) in [5, 5.41) is 9.05. The minimum atomic E-state index is 0.587. The van der Waals surface area contributed by atoms with Crippen molar-refractivity contribution in [2.45, 2.75) is 32.0 Å². The van der Waals surface area contributed by atoms with Crippen molar-refractivity contribution in [2.24, 2.45) is 0 Å². The molecule has 1 saturated carbocycles. The number of hydrogen-bond donors (Lipinski definition) is 1. The lowest BCUT2D eigenvalue weighted by Gasteiger charge is -2.10. The van der Waals surface area contributed by atoms with Crippen LogP contribution in [0.3, 0.4) is 0 Å². The van der Waals surface area contributed by atoms with E-state index in [4.69, 9.17) is 23.2 Å². The summed E-state index contributed by atoms with van der Waals surface area (Å²) in [4.78, 5) is 0. The topological polar surface area (TPSA) is 29.9 Å². The standard InChI is InChI=1S/C14H15Cl2N3/c15-13-3-1-2-10(14(13)16)9-19-12(6-7-18-19)8-17-11-4-5-11/h1-3,6-7,11,17H,4-5,8-9H2. The molecule has 19 heavy (non-hydrogen) atoms. The van der Waals surface area contributed by atoms with Gasteiger partial charge in [0, 0.05) is 18.8 Å². The van der Waals surface area contributed by atoms with E-state index in [2.05, 4.69) is 10.4 Å². The maximum absolute atomic E-state index is 6.21. The fraction of sp³-hybridized carbons (Fsp3) is 0.357. The summed E-state index contributed by atoms with van der Waals surface area (Å²) in [6.45, 7) is 1.50. The van der Waals surface area contributed by atoms with E-state index >= 15 is 0 Å². The highest BCUT2D eigenvalue weighted by atomic mass is 35.5. The van der Waals surface area contributed by atoms with Crippen molar-refractivity contribution in [3.05, 3.63) is 51.8 Å². The summed E-state index contributed by atoms with van der Waals surface area (Å²) in [6.07, 6.45) is 4.39. The lowest BCUT2D eigenvalue weighted by Crippen LogP contribution is -2.19. The summed E-state index contributed by atoms with van der Waals surface area (Å²) < 4.78 is 1.97. The first-order chi connectivity index (χ1) is 9.24. The van der Waals surface area contributed by atoms with Gasteiger partial charge in [-0.25, -0.2) is 0 Å². The van der Waals surface area contributed by atoms with Crippen LogP contribution in [0.25, 0.3) is 0 Å². The first-order valence-electron chi connectivity index (χ1n) is 6.41. The fourth-order valence-electron chi connectivity index (χ4n) is 2.02. The van der Waals surface area contributed by atoms with Gasteiger partial charge < -0.3 is 5.32 Å². The fourth-order valence-corrected chi connectivity index (χ4v) is 2.40. The molecule has 1 heterocycles. The minimum Gasteiger partial charge on any atom is -0.308 e. The van der Waals surface area contributed by atoms with Gasteiger partial charge in [-0.15, -0.1) is 0 Å². The molecular weight excluding hydrogens is 281 g/mol. The molecule has 3 nitrogen and oxygen atoms in total.